The summed E-state index contributed by atoms with van der Waals surface area (Å²) in [6, 6.07) is 0. The summed E-state index contributed by atoms with van der Waals surface area (Å²) in [7, 11) is -3.88. The molecule has 0 amide bonds. The van der Waals surface area contributed by atoms with Gasteiger partial charge < -0.3 is 4.89 Å². The van der Waals surface area contributed by atoms with Gasteiger partial charge in [0.2, 0.25) is 0 Å². The van der Waals surface area contributed by atoms with Crippen molar-refractivity contribution < 1.29 is 18.5 Å². The van der Waals surface area contributed by atoms with E-state index in [9.17, 15) is 9.46 Å². The summed E-state index contributed by atoms with van der Waals surface area (Å²) in [6.07, 6.45) is 19.2. The van der Waals surface area contributed by atoms with Crippen LogP contribution in [0.15, 0.2) is 0 Å². The van der Waals surface area contributed by atoms with Crippen molar-refractivity contribution in [2.75, 3.05) is 13.2 Å². The molecule has 4 nitrogen and oxygen atoms in total. The second-order valence-corrected chi connectivity index (χ2v) is 6.33. The lowest BCUT2D eigenvalue weighted by Crippen LogP contribution is -1.99. The highest BCUT2D eigenvalue weighted by atomic mass is 31.2. The summed E-state index contributed by atoms with van der Waals surface area (Å²) in [6.45, 7) is 0.484. The van der Waals surface area contributed by atoms with Crippen molar-refractivity contribution >= 4 is 7.82 Å². The normalized spacial score (nSPS) is 11.0. The average Bonchev–Trinajstić information content (AvgIpc) is 2.45. The Morgan fingerprint density at radius 1 is 0.762 bits per heavy atom. The van der Waals surface area contributed by atoms with Crippen LogP contribution in [0, 0.1) is 24.7 Å². The van der Waals surface area contributed by atoms with E-state index in [1.165, 1.54) is 0 Å². The van der Waals surface area contributed by atoms with Crippen LogP contribution >= 0.6 is 7.82 Å². The Labute approximate surface area is 129 Å². The van der Waals surface area contributed by atoms with Crippen LogP contribution in [-0.2, 0) is 13.6 Å². The molecule has 21 heavy (non-hydrogen) atoms. The number of phosphoric acid groups is 1. The van der Waals surface area contributed by atoms with Crippen molar-refractivity contribution in [3.8, 4) is 24.7 Å². The molecule has 0 radical (unpaired) electrons. The molecule has 0 spiro atoms. The number of terminal acetylenes is 2. The zero-order valence-corrected chi connectivity index (χ0v) is 13.7. The monoisotopic (exact) mass is 314 g/mol. The van der Waals surface area contributed by atoms with E-state index >= 15 is 0 Å². The van der Waals surface area contributed by atoms with Crippen LogP contribution in [0.3, 0.4) is 0 Å². The minimum atomic E-state index is -3.88. The molecule has 0 atom stereocenters. The highest BCUT2D eigenvalue weighted by molar-refractivity contribution is 7.47. The maximum Gasteiger partial charge on any atom is 0.472 e. The van der Waals surface area contributed by atoms with Crippen LogP contribution in [-0.4, -0.2) is 18.1 Å². The summed E-state index contributed by atoms with van der Waals surface area (Å²) in [4.78, 5) is 9.45. The van der Waals surface area contributed by atoms with Crippen LogP contribution in [0.2, 0.25) is 0 Å². The van der Waals surface area contributed by atoms with Crippen molar-refractivity contribution in [2.45, 2.75) is 64.2 Å². The average molecular weight is 314 g/mol. The first-order chi connectivity index (χ1) is 10.1. The van der Waals surface area contributed by atoms with E-state index in [1.54, 1.807) is 0 Å². The number of phosphoric ester groups is 1. The fourth-order valence-electron chi connectivity index (χ4n) is 1.76. The summed E-state index contributed by atoms with van der Waals surface area (Å²) in [5, 5.41) is 0. The molecule has 1 N–H and O–H groups in total. The fourth-order valence-corrected chi connectivity index (χ4v) is 2.56. The van der Waals surface area contributed by atoms with E-state index in [0.29, 0.717) is 0 Å². The molecule has 0 aliphatic carbocycles. The second kappa shape index (κ2) is 14.2. The van der Waals surface area contributed by atoms with Crippen molar-refractivity contribution in [2.24, 2.45) is 0 Å². The molecule has 0 unspecified atom stereocenters. The van der Waals surface area contributed by atoms with E-state index in [0.717, 1.165) is 64.2 Å². The number of rotatable bonds is 14. The SMILES string of the molecule is C#CCCCCCCOP(=O)(O)OCCCCCCC#C. The molecule has 5 heteroatoms. The Morgan fingerprint density at radius 3 is 1.52 bits per heavy atom. The molecule has 0 saturated heterocycles. The van der Waals surface area contributed by atoms with Gasteiger partial charge in [-0.15, -0.1) is 24.7 Å². The number of hydrogen-bond acceptors (Lipinski definition) is 3. The molecule has 0 heterocycles. The Hall–Kier alpha value is -0.770. The van der Waals surface area contributed by atoms with Gasteiger partial charge in [0.15, 0.2) is 0 Å². The van der Waals surface area contributed by atoms with Gasteiger partial charge in [-0.1, -0.05) is 25.7 Å². The van der Waals surface area contributed by atoms with Crippen LogP contribution in [0.5, 0.6) is 0 Å². The minimum absolute atomic E-state index is 0.242. The van der Waals surface area contributed by atoms with Gasteiger partial charge in [0.1, 0.15) is 0 Å². The van der Waals surface area contributed by atoms with Crippen LogP contribution < -0.4 is 0 Å². The molecular weight excluding hydrogens is 287 g/mol. The lowest BCUT2D eigenvalue weighted by atomic mass is 10.1. The van der Waals surface area contributed by atoms with Gasteiger partial charge in [0.05, 0.1) is 13.2 Å². The van der Waals surface area contributed by atoms with Crippen molar-refractivity contribution in [1.82, 2.24) is 0 Å². The molecule has 0 rings (SSSR count). The van der Waals surface area contributed by atoms with E-state index in [2.05, 4.69) is 11.8 Å². The van der Waals surface area contributed by atoms with Gasteiger partial charge in [0.25, 0.3) is 0 Å². The quantitative estimate of drug-likeness (QED) is 0.295. The van der Waals surface area contributed by atoms with E-state index in [1.807, 2.05) is 0 Å². The number of unbranched alkanes of at least 4 members (excludes halogenated alkanes) is 8. The zero-order chi connectivity index (χ0) is 15.8. The molecule has 0 aromatic carbocycles. The van der Waals surface area contributed by atoms with Crippen molar-refractivity contribution in [1.29, 1.82) is 0 Å². The third kappa shape index (κ3) is 15.4. The lowest BCUT2D eigenvalue weighted by molar-refractivity contribution is 0.145. The maximum absolute atomic E-state index is 11.5. The smallest absolute Gasteiger partial charge is 0.302 e. The molecule has 0 aliphatic rings. The molecule has 0 bridgehead atoms. The Morgan fingerprint density at radius 2 is 1.14 bits per heavy atom. The van der Waals surface area contributed by atoms with Crippen LogP contribution in [0.4, 0.5) is 0 Å². The molecule has 0 fully saturated rings. The Balaban J connectivity index is 3.42. The Kier molecular flexibility index (Phi) is 13.7. The maximum atomic E-state index is 11.5. The van der Waals surface area contributed by atoms with Gasteiger partial charge >= 0.3 is 7.82 Å². The van der Waals surface area contributed by atoms with Gasteiger partial charge in [-0.05, 0) is 25.7 Å². The van der Waals surface area contributed by atoms with Gasteiger partial charge in [-0.3, -0.25) is 9.05 Å². The topological polar surface area (TPSA) is 55.8 Å². The second-order valence-electron chi connectivity index (χ2n) is 4.87. The van der Waals surface area contributed by atoms with Gasteiger partial charge in [-0.2, -0.15) is 0 Å². The summed E-state index contributed by atoms with van der Waals surface area (Å²) < 4.78 is 21.3. The third-order valence-electron chi connectivity index (χ3n) is 2.94. The lowest BCUT2D eigenvalue weighted by Gasteiger charge is -2.11. The third-order valence-corrected chi connectivity index (χ3v) is 3.96. The first kappa shape index (κ1) is 20.2. The molecule has 120 valence electrons. The van der Waals surface area contributed by atoms with Gasteiger partial charge in [0, 0.05) is 12.8 Å². The van der Waals surface area contributed by atoms with Crippen molar-refractivity contribution in [3.63, 3.8) is 0 Å². The van der Waals surface area contributed by atoms with Crippen molar-refractivity contribution in [3.05, 3.63) is 0 Å². The molecule has 0 aromatic rings. The van der Waals surface area contributed by atoms with Gasteiger partial charge in [-0.25, -0.2) is 4.57 Å². The zero-order valence-electron chi connectivity index (χ0n) is 12.8. The minimum Gasteiger partial charge on any atom is -0.302 e. The van der Waals surface area contributed by atoms with E-state index in [-0.39, 0.29) is 13.2 Å². The summed E-state index contributed by atoms with van der Waals surface area (Å²) >= 11 is 0. The first-order valence-electron chi connectivity index (χ1n) is 7.61. The standard InChI is InChI=1S/C16H27O4P/c1-3-5-7-9-11-13-15-19-21(17,18)20-16-14-12-10-8-6-4-2/h1-2H,5-16H2,(H,17,18). The summed E-state index contributed by atoms with van der Waals surface area (Å²) in [5.74, 6) is 5.16. The molecule has 0 aliphatic heterocycles. The van der Waals surface area contributed by atoms with Crippen LogP contribution in [0.1, 0.15) is 64.2 Å². The largest absolute Gasteiger partial charge is 0.472 e. The predicted octanol–water partition coefficient (Wildman–Crippen LogP) is 4.29. The summed E-state index contributed by atoms with van der Waals surface area (Å²) in [5.41, 5.74) is 0. The Bertz CT molecular complexity index is 335. The van der Waals surface area contributed by atoms with E-state index in [4.69, 9.17) is 21.9 Å². The number of hydrogen-bond donors (Lipinski definition) is 1. The highest BCUT2D eigenvalue weighted by Crippen LogP contribution is 2.43. The first-order valence-corrected chi connectivity index (χ1v) is 9.10. The highest BCUT2D eigenvalue weighted by Gasteiger charge is 2.19. The molecular formula is C16H27O4P. The van der Waals surface area contributed by atoms with Crippen LogP contribution in [0.25, 0.3) is 0 Å². The predicted molar refractivity (Wildman–Crippen MR) is 85.6 cm³/mol. The molecule has 0 aromatic heterocycles. The molecule has 0 saturated carbocycles. The van der Waals surface area contributed by atoms with E-state index < -0.39 is 7.82 Å². The fraction of sp³-hybridized carbons (Fsp3) is 0.750.